The first kappa shape index (κ1) is 28.0. The number of aliphatic hydroxyl groups excluding tert-OH is 1. The second-order valence-corrected chi connectivity index (χ2v) is 13.3. The third-order valence-electron chi connectivity index (χ3n) is 10.5. The molecule has 0 radical (unpaired) electrons. The Balaban J connectivity index is 1.45. The summed E-state index contributed by atoms with van der Waals surface area (Å²) in [5.74, 6) is -1.17. The smallest absolute Gasteiger partial charge is 0.316 e. The topological polar surface area (TPSA) is 109 Å². The summed E-state index contributed by atoms with van der Waals surface area (Å²) in [6, 6.07) is 3.78. The van der Waals surface area contributed by atoms with Gasteiger partial charge in [0.1, 0.15) is 17.7 Å². The maximum Gasteiger partial charge on any atom is 0.316 e. The highest BCUT2D eigenvalue weighted by Crippen LogP contribution is 2.68. The molecule has 0 amide bonds. The van der Waals surface area contributed by atoms with Crippen molar-refractivity contribution in [3.05, 3.63) is 47.0 Å². The number of carbonyl (C=O) groups excluding carboxylic acids is 2. The summed E-state index contributed by atoms with van der Waals surface area (Å²) in [5.41, 5.74) is -1.79. The molecule has 5 rings (SSSR count). The van der Waals surface area contributed by atoms with Gasteiger partial charge in [-0.1, -0.05) is 45.5 Å². The number of benzene rings is 1. The maximum absolute atomic E-state index is 13.5. The van der Waals surface area contributed by atoms with Gasteiger partial charge in [0.15, 0.2) is 5.16 Å². The minimum absolute atomic E-state index is 0.0970. The Morgan fingerprint density at radius 2 is 2.05 bits per heavy atom. The first-order valence-electron chi connectivity index (χ1n) is 13.7. The van der Waals surface area contributed by atoms with Gasteiger partial charge in [0, 0.05) is 23.2 Å². The second kappa shape index (κ2) is 9.84. The molecule has 3 saturated carbocycles. The van der Waals surface area contributed by atoms with Crippen LogP contribution in [-0.4, -0.2) is 44.8 Å². The van der Waals surface area contributed by atoms with E-state index < -0.39 is 40.4 Å². The summed E-state index contributed by atoms with van der Waals surface area (Å²) < 4.78 is 19.8. The SMILES string of the molecule is C=C[C@]1(C)C[C@@H](OC(=O)CSc2nc3ccc(F)cc3c(=O)[nH]2)[C@]2(C)[C@H](C)CC[C@]3(CCC(=O)[C@H]32)[C@@H](C)[C@@H]1O. The van der Waals surface area contributed by atoms with Crippen molar-refractivity contribution < 1.29 is 23.8 Å². The number of ketones is 1. The normalized spacial score (nSPS) is 38.1. The number of rotatable bonds is 5. The van der Waals surface area contributed by atoms with Crippen molar-refractivity contribution in [3.8, 4) is 0 Å². The molecule has 7 nitrogen and oxygen atoms in total. The number of H-pyrrole nitrogens is 1. The predicted molar refractivity (Wildman–Crippen MR) is 148 cm³/mol. The quantitative estimate of drug-likeness (QED) is 0.229. The van der Waals surface area contributed by atoms with Crippen LogP contribution >= 0.6 is 11.8 Å². The summed E-state index contributed by atoms with van der Waals surface area (Å²) in [5, 5.41) is 12.0. The maximum atomic E-state index is 13.5. The molecule has 39 heavy (non-hydrogen) atoms. The molecule has 210 valence electrons. The van der Waals surface area contributed by atoms with Crippen molar-refractivity contribution >= 4 is 34.4 Å². The van der Waals surface area contributed by atoms with Gasteiger partial charge >= 0.3 is 5.97 Å². The number of ether oxygens (including phenoxy) is 1. The Kier molecular flexibility index (Phi) is 7.07. The van der Waals surface area contributed by atoms with Crippen LogP contribution in [0.5, 0.6) is 0 Å². The summed E-state index contributed by atoms with van der Waals surface area (Å²) in [6.45, 7) is 12.3. The lowest BCUT2D eigenvalue weighted by Crippen LogP contribution is -2.63. The van der Waals surface area contributed by atoms with Crippen LogP contribution in [0.1, 0.15) is 59.8 Å². The fourth-order valence-corrected chi connectivity index (χ4v) is 8.63. The van der Waals surface area contributed by atoms with Gasteiger partial charge in [-0.15, -0.1) is 6.58 Å². The molecule has 0 saturated heterocycles. The highest BCUT2D eigenvalue weighted by atomic mass is 32.2. The largest absolute Gasteiger partial charge is 0.461 e. The number of nitrogens with zero attached hydrogens (tertiary/aromatic N) is 1. The predicted octanol–water partition coefficient (Wildman–Crippen LogP) is 5.06. The van der Waals surface area contributed by atoms with Crippen molar-refractivity contribution in [2.45, 2.75) is 77.2 Å². The number of aromatic amines is 1. The Morgan fingerprint density at radius 3 is 2.77 bits per heavy atom. The van der Waals surface area contributed by atoms with Crippen molar-refractivity contribution in [2.24, 2.45) is 34.0 Å². The van der Waals surface area contributed by atoms with Crippen molar-refractivity contribution in [3.63, 3.8) is 0 Å². The van der Waals surface area contributed by atoms with Gasteiger partial charge in [-0.3, -0.25) is 14.4 Å². The molecule has 1 aromatic heterocycles. The van der Waals surface area contributed by atoms with Gasteiger partial charge in [0.2, 0.25) is 0 Å². The third kappa shape index (κ3) is 4.36. The lowest BCUT2D eigenvalue weighted by atomic mass is 9.44. The van der Waals surface area contributed by atoms with Crippen LogP contribution in [0.3, 0.4) is 0 Å². The summed E-state index contributed by atoms with van der Waals surface area (Å²) in [4.78, 5) is 46.2. The monoisotopic (exact) mass is 556 g/mol. The van der Waals surface area contributed by atoms with Crippen molar-refractivity contribution in [1.29, 1.82) is 0 Å². The average Bonchev–Trinajstić information content (AvgIpc) is 3.26. The number of fused-ring (bicyclic) bond motifs is 1. The lowest BCUT2D eigenvalue weighted by Gasteiger charge is -2.61. The van der Waals surface area contributed by atoms with Crippen molar-refractivity contribution in [1.82, 2.24) is 9.97 Å². The van der Waals surface area contributed by atoms with Crippen LogP contribution in [0, 0.1) is 39.8 Å². The van der Waals surface area contributed by atoms with E-state index in [1.807, 2.05) is 6.92 Å². The molecule has 3 aliphatic rings. The van der Waals surface area contributed by atoms with Crippen molar-refractivity contribution in [2.75, 3.05) is 5.75 Å². The third-order valence-corrected chi connectivity index (χ3v) is 11.4. The Morgan fingerprint density at radius 1 is 1.31 bits per heavy atom. The Bertz CT molecular complexity index is 1400. The number of hydrogen-bond donors (Lipinski definition) is 2. The van der Waals surface area contributed by atoms with E-state index >= 15 is 0 Å². The molecule has 3 fully saturated rings. The number of nitrogens with one attached hydrogen (secondary N) is 1. The summed E-state index contributed by atoms with van der Waals surface area (Å²) in [7, 11) is 0. The molecule has 2 bridgehead atoms. The number of Topliss-reactive ketones (excluding diaryl/α,β-unsaturated/α-hetero) is 1. The second-order valence-electron chi connectivity index (χ2n) is 12.4. The fraction of sp³-hybridized carbons (Fsp3) is 0.600. The van der Waals surface area contributed by atoms with E-state index in [4.69, 9.17) is 4.74 Å². The fourth-order valence-electron chi connectivity index (χ4n) is 7.98. The van der Waals surface area contributed by atoms with E-state index in [1.165, 1.54) is 12.1 Å². The van der Waals surface area contributed by atoms with Gasteiger partial charge in [0.05, 0.1) is 22.8 Å². The molecule has 8 atom stereocenters. The van der Waals surface area contributed by atoms with Crippen LogP contribution in [-0.2, 0) is 14.3 Å². The van der Waals surface area contributed by atoms with Crippen LogP contribution < -0.4 is 5.56 Å². The molecule has 2 N–H and O–H groups in total. The molecule has 0 unspecified atom stereocenters. The first-order valence-corrected chi connectivity index (χ1v) is 14.7. The minimum Gasteiger partial charge on any atom is -0.461 e. The molecule has 0 aliphatic heterocycles. The van der Waals surface area contributed by atoms with E-state index in [0.29, 0.717) is 18.4 Å². The van der Waals surface area contributed by atoms with Crippen LogP contribution in [0.2, 0.25) is 0 Å². The van der Waals surface area contributed by atoms with E-state index in [1.54, 1.807) is 6.08 Å². The zero-order valence-corrected chi connectivity index (χ0v) is 23.8. The minimum atomic E-state index is -0.728. The number of carbonyl (C=O) groups is 2. The molecular formula is C30H37FN2O5S. The highest BCUT2D eigenvalue weighted by molar-refractivity contribution is 7.99. The summed E-state index contributed by atoms with van der Waals surface area (Å²) in [6.07, 6.45) is 3.78. The molecule has 1 heterocycles. The molecule has 1 aromatic carbocycles. The molecule has 3 aliphatic carbocycles. The molecule has 0 spiro atoms. The van der Waals surface area contributed by atoms with Gasteiger partial charge in [-0.25, -0.2) is 9.37 Å². The van der Waals surface area contributed by atoms with E-state index in [-0.39, 0.29) is 45.2 Å². The number of aromatic nitrogens is 2. The molecule has 9 heteroatoms. The highest BCUT2D eigenvalue weighted by Gasteiger charge is 2.68. The number of aliphatic hydroxyl groups is 1. The van der Waals surface area contributed by atoms with E-state index in [9.17, 15) is 23.9 Å². The summed E-state index contributed by atoms with van der Waals surface area (Å²) >= 11 is 1.04. The van der Waals surface area contributed by atoms with E-state index in [0.717, 1.165) is 37.1 Å². The zero-order valence-electron chi connectivity index (χ0n) is 23.0. The van der Waals surface area contributed by atoms with Crippen LogP contribution in [0.15, 0.2) is 40.8 Å². The first-order chi connectivity index (χ1) is 18.4. The lowest BCUT2D eigenvalue weighted by molar-refractivity contribution is -0.205. The number of halogens is 1. The Labute approximate surface area is 232 Å². The molecule has 2 aromatic rings. The standard InChI is InChI=1S/C30H37FN2O5S/c1-6-28(4)14-22(29(5)16(2)9-11-30(17(3)25(28)36)12-10-21(34)24(29)30)38-23(35)15-39-27-32-20-8-7-18(31)13-19(20)26(37)33-27/h6-8,13,16-17,22,24-25,36H,1,9-12,14-15H2,2-5H3,(H,32,33,37)/t16-,17+,22-,24+,25+,28-,29+,30+/m1/s1. The number of hydrogen-bond acceptors (Lipinski definition) is 7. The number of esters is 1. The number of thioether (sulfide) groups is 1. The van der Waals surface area contributed by atoms with E-state index in [2.05, 4.69) is 37.3 Å². The van der Waals surface area contributed by atoms with Gasteiger partial charge in [-0.05, 0) is 61.1 Å². The average molecular weight is 557 g/mol. The Hall–Kier alpha value is -2.52. The molecular weight excluding hydrogens is 519 g/mol. The zero-order chi connectivity index (χ0) is 28.3. The van der Waals surface area contributed by atoms with Crippen LogP contribution in [0.4, 0.5) is 4.39 Å². The van der Waals surface area contributed by atoms with Crippen LogP contribution in [0.25, 0.3) is 10.9 Å². The van der Waals surface area contributed by atoms with Gasteiger partial charge in [0.25, 0.3) is 5.56 Å². The van der Waals surface area contributed by atoms with Gasteiger partial charge < -0.3 is 14.8 Å². The van der Waals surface area contributed by atoms with Gasteiger partial charge in [-0.2, -0.15) is 0 Å².